The zero-order valence-corrected chi connectivity index (χ0v) is 9.13. The molecule has 0 aliphatic heterocycles. The standard InChI is InChI=1S/C11H12FNO4/c1-13(9(6-14)11(16)17)10(15)7-2-4-8(12)5-3-7/h2-5,9,14H,6H2,1H3,(H,16,17). The molecule has 92 valence electrons. The number of carboxylic acid groups (broad SMARTS) is 1. The Hall–Kier alpha value is -1.95. The predicted molar refractivity (Wildman–Crippen MR) is 57.0 cm³/mol. The number of carbonyl (C=O) groups excluding carboxylic acids is 1. The summed E-state index contributed by atoms with van der Waals surface area (Å²) >= 11 is 0. The summed E-state index contributed by atoms with van der Waals surface area (Å²) in [4.78, 5) is 23.4. The van der Waals surface area contributed by atoms with E-state index >= 15 is 0 Å². The number of aliphatic hydroxyl groups excluding tert-OH is 1. The molecule has 0 saturated heterocycles. The first-order valence-corrected chi connectivity index (χ1v) is 4.83. The van der Waals surface area contributed by atoms with Crippen LogP contribution in [-0.2, 0) is 4.79 Å². The van der Waals surface area contributed by atoms with Crippen LogP contribution in [0, 0.1) is 5.82 Å². The summed E-state index contributed by atoms with van der Waals surface area (Å²) < 4.78 is 12.6. The zero-order chi connectivity index (χ0) is 13.0. The Bertz CT molecular complexity index is 418. The lowest BCUT2D eigenvalue weighted by Crippen LogP contribution is -2.44. The Labute approximate surface area is 97.1 Å². The Morgan fingerprint density at radius 2 is 1.88 bits per heavy atom. The van der Waals surface area contributed by atoms with Crippen LogP contribution in [0.15, 0.2) is 24.3 Å². The number of benzene rings is 1. The van der Waals surface area contributed by atoms with Gasteiger partial charge in [-0.15, -0.1) is 0 Å². The van der Waals surface area contributed by atoms with Crippen LogP contribution in [0.4, 0.5) is 4.39 Å². The number of amides is 1. The minimum atomic E-state index is -1.31. The first-order chi connectivity index (χ1) is 7.97. The highest BCUT2D eigenvalue weighted by atomic mass is 19.1. The van der Waals surface area contributed by atoms with E-state index in [0.29, 0.717) is 0 Å². The quantitative estimate of drug-likeness (QED) is 0.797. The van der Waals surface area contributed by atoms with E-state index in [1.54, 1.807) is 0 Å². The Kier molecular flexibility index (Phi) is 4.17. The van der Waals surface area contributed by atoms with Crippen molar-refractivity contribution < 1.29 is 24.2 Å². The molecule has 1 rings (SSSR count). The molecule has 0 bridgehead atoms. The second kappa shape index (κ2) is 5.40. The van der Waals surface area contributed by atoms with Crippen LogP contribution >= 0.6 is 0 Å². The number of rotatable bonds is 4. The smallest absolute Gasteiger partial charge is 0.328 e. The SMILES string of the molecule is CN(C(=O)c1ccc(F)cc1)C(CO)C(=O)O. The number of hydrogen-bond donors (Lipinski definition) is 2. The minimum absolute atomic E-state index is 0.161. The van der Waals surface area contributed by atoms with E-state index in [1.807, 2.05) is 0 Å². The molecular formula is C11H12FNO4. The zero-order valence-electron chi connectivity index (χ0n) is 9.13. The van der Waals surface area contributed by atoms with E-state index in [1.165, 1.54) is 19.2 Å². The number of carboxylic acids is 1. The molecule has 0 heterocycles. The topological polar surface area (TPSA) is 77.8 Å². The van der Waals surface area contributed by atoms with Crippen LogP contribution in [0.5, 0.6) is 0 Å². The van der Waals surface area contributed by atoms with Gasteiger partial charge in [-0.3, -0.25) is 4.79 Å². The number of halogens is 1. The molecule has 2 N–H and O–H groups in total. The van der Waals surface area contributed by atoms with Crippen LogP contribution in [0.25, 0.3) is 0 Å². The lowest BCUT2D eigenvalue weighted by molar-refractivity contribution is -0.143. The van der Waals surface area contributed by atoms with Crippen molar-refractivity contribution in [3.63, 3.8) is 0 Å². The molecule has 6 heteroatoms. The van der Waals surface area contributed by atoms with Crippen molar-refractivity contribution in [1.29, 1.82) is 0 Å². The predicted octanol–water partition coefficient (Wildman–Crippen LogP) is 0.343. The molecule has 0 aliphatic carbocycles. The average Bonchev–Trinajstić information content (AvgIpc) is 2.29. The highest BCUT2D eigenvalue weighted by Gasteiger charge is 2.26. The largest absolute Gasteiger partial charge is 0.480 e. The molecule has 0 fully saturated rings. The van der Waals surface area contributed by atoms with Gasteiger partial charge in [-0.1, -0.05) is 0 Å². The summed E-state index contributed by atoms with van der Waals surface area (Å²) in [6, 6.07) is 3.41. The normalized spacial score (nSPS) is 11.9. The Morgan fingerprint density at radius 3 is 2.29 bits per heavy atom. The number of aliphatic carboxylic acids is 1. The van der Waals surface area contributed by atoms with E-state index in [4.69, 9.17) is 10.2 Å². The molecule has 1 aromatic rings. The number of aliphatic hydroxyl groups is 1. The maximum absolute atomic E-state index is 12.6. The maximum Gasteiger partial charge on any atom is 0.328 e. The van der Waals surface area contributed by atoms with Crippen molar-refractivity contribution in [3.8, 4) is 0 Å². The van der Waals surface area contributed by atoms with Gasteiger partial charge in [0.15, 0.2) is 6.04 Å². The Morgan fingerprint density at radius 1 is 1.35 bits per heavy atom. The summed E-state index contributed by atoms with van der Waals surface area (Å²) in [5, 5.41) is 17.6. The van der Waals surface area contributed by atoms with Crippen LogP contribution in [0.3, 0.4) is 0 Å². The highest BCUT2D eigenvalue weighted by Crippen LogP contribution is 2.08. The van der Waals surface area contributed by atoms with Gasteiger partial charge < -0.3 is 15.1 Å². The molecule has 0 saturated carbocycles. The second-order valence-corrected chi connectivity index (χ2v) is 3.46. The number of nitrogens with zero attached hydrogens (tertiary/aromatic N) is 1. The van der Waals surface area contributed by atoms with Crippen molar-refractivity contribution in [1.82, 2.24) is 4.90 Å². The first-order valence-electron chi connectivity index (χ1n) is 4.83. The van der Waals surface area contributed by atoms with E-state index in [9.17, 15) is 14.0 Å². The molecule has 1 aromatic carbocycles. The molecule has 1 atom stereocenters. The number of carbonyl (C=O) groups is 2. The van der Waals surface area contributed by atoms with Crippen molar-refractivity contribution >= 4 is 11.9 Å². The van der Waals surface area contributed by atoms with E-state index < -0.39 is 30.3 Å². The van der Waals surface area contributed by atoms with Crippen LogP contribution in [-0.4, -0.2) is 46.7 Å². The fourth-order valence-electron chi connectivity index (χ4n) is 1.30. The molecule has 1 unspecified atom stereocenters. The molecule has 0 aromatic heterocycles. The summed E-state index contributed by atoms with van der Waals surface area (Å²) in [6.07, 6.45) is 0. The third-order valence-electron chi connectivity index (χ3n) is 2.34. The number of hydrogen-bond acceptors (Lipinski definition) is 3. The van der Waals surface area contributed by atoms with E-state index in [2.05, 4.69) is 0 Å². The molecule has 0 radical (unpaired) electrons. The van der Waals surface area contributed by atoms with Crippen molar-refractivity contribution in [2.24, 2.45) is 0 Å². The van der Waals surface area contributed by atoms with Gasteiger partial charge in [0.25, 0.3) is 5.91 Å². The molecule has 0 spiro atoms. The van der Waals surface area contributed by atoms with E-state index in [-0.39, 0.29) is 5.56 Å². The summed E-state index contributed by atoms with van der Waals surface area (Å²) in [5.41, 5.74) is 0.161. The van der Waals surface area contributed by atoms with Gasteiger partial charge in [0.05, 0.1) is 6.61 Å². The fraction of sp³-hybridized carbons (Fsp3) is 0.273. The first kappa shape index (κ1) is 13.1. The lowest BCUT2D eigenvalue weighted by atomic mass is 10.1. The molecule has 0 aliphatic rings. The molecule has 17 heavy (non-hydrogen) atoms. The van der Waals surface area contributed by atoms with Gasteiger partial charge in [0, 0.05) is 12.6 Å². The monoisotopic (exact) mass is 241 g/mol. The van der Waals surface area contributed by atoms with Gasteiger partial charge >= 0.3 is 5.97 Å². The summed E-state index contributed by atoms with van der Waals surface area (Å²) in [6.45, 7) is -0.682. The van der Waals surface area contributed by atoms with Gasteiger partial charge in [-0.05, 0) is 24.3 Å². The van der Waals surface area contributed by atoms with Gasteiger partial charge in [-0.2, -0.15) is 0 Å². The number of likely N-dealkylation sites (N-methyl/N-ethyl adjacent to an activating group) is 1. The third kappa shape index (κ3) is 3.01. The van der Waals surface area contributed by atoms with E-state index in [0.717, 1.165) is 17.0 Å². The van der Waals surface area contributed by atoms with Crippen molar-refractivity contribution in [2.75, 3.05) is 13.7 Å². The second-order valence-electron chi connectivity index (χ2n) is 3.46. The van der Waals surface area contributed by atoms with Crippen LogP contribution in [0.1, 0.15) is 10.4 Å². The van der Waals surface area contributed by atoms with Gasteiger partial charge in [0.2, 0.25) is 0 Å². The lowest BCUT2D eigenvalue weighted by Gasteiger charge is -2.23. The van der Waals surface area contributed by atoms with Crippen LogP contribution in [0.2, 0.25) is 0 Å². The highest BCUT2D eigenvalue weighted by molar-refractivity contribution is 5.96. The molecule has 5 nitrogen and oxygen atoms in total. The molecule has 1 amide bonds. The molecular weight excluding hydrogens is 229 g/mol. The average molecular weight is 241 g/mol. The summed E-state index contributed by atoms with van der Waals surface area (Å²) in [7, 11) is 1.26. The van der Waals surface area contributed by atoms with Crippen LogP contribution < -0.4 is 0 Å². The fourth-order valence-corrected chi connectivity index (χ4v) is 1.30. The maximum atomic E-state index is 12.6. The minimum Gasteiger partial charge on any atom is -0.480 e. The van der Waals surface area contributed by atoms with Crippen molar-refractivity contribution in [2.45, 2.75) is 6.04 Å². The van der Waals surface area contributed by atoms with Gasteiger partial charge in [-0.25, -0.2) is 9.18 Å². The summed E-state index contributed by atoms with van der Waals surface area (Å²) in [5.74, 6) is -2.38. The Balaban J connectivity index is 2.89. The van der Waals surface area contributed by atoms with Crippen molar-refractivity contribution in [3.05, 3.63) is 35.6 Å². The third-order valence-corrected chi connectivity index (χ3v) is 2.34. The van der Waals surface area contributed by atoms with Gasteiger partial charge in [0.1, 0.15) is 5.82 Å².